The van der Waals surface area contributed by atoms with E-state index in [-0.39, 0.29) is 0 Å². The maximum Gasteiger partial charge on any atom is 0.147 e. The van der Waals surface area contributed by atoms with Crippen LogP contribution < -0.4 is 0 Å². The lowest BCUT2D eigenvalue weighted by atomic mass is 10.1. The number of hydrogen-bond acceptors (Lipinski definition) is 1. The summed E-state index contributed by atoms with van der Waals surface area (Å²) in [6.45, 7) is 17.4. The number of hydrogen-bond donors (Lipinski definition) is 1. The molecule has 118 valence electrons. The van der Waals surface area contributed by atoms with Crippen LogP contribution in [0.4, 0.5) is 0 Å². The first-order chi connectivity index (χ1) is 9.78. The monoisotopic (exact) mass is 304 g/mol. The molecule has 0 fully saturated rings. The van der Waals surface area contributed by atoms with Gasteiger partial charge in [-0.1, -0.05) is 53.5 Å². The van der Waals surface area contributed by atoms with Crippen LogP contribution >= 0.6 is 0 Å². The highest BCUT2D eigenvalue weighted by molar-refractivity contribution is 6.90. The zero-order chi connectivity index (χ0) is 16.5. The lowest BCUT2D eigenvalue weighted by Crippen LogP contribution is -2.43. The number of allylic oxidation sites excluding steroid dienone is 1. The smallest absolute Gasteiger partial charge is 0.147 e. The fraction of sp³-hybridized carbons (Fsp3) is 0.684. The summed E-state index contributed by atoms with van der Waals surface area (Å²) < 4.78 is 0. The minimum atomic E-state index is -1.69. The molecule has 0 saturated heterocycles. The summed E-state index contributed by atoms with van der Waals surface area (Å²) in [5.74, 6) is 8.79. The molecule has 0 aromatic rings. The van der Waals surface area contributed by atoms with Crippen molar-refractivity contribution in [1.82, 2.24) is 0 Å². The van der Waals surface area contributed by atoms with Crippen molar-refractivity contribution in [1.29, 1.82) is 0 Å². The highest BCUT2D eigenvalue weighted by atomic mass is 28.3. The molecule has 0 saturated carbocycles. The molecule has 0 aliphatic heterocycles. The standard InChI is InChI=1S/C19H32OSi/c1-8-9-10-13-19(20)14-11-12-15-21(16(2)3,17(4)5)18(6)7/h8,16-20H,1,9-10,13H2,2-7H3/t19-/m1/s1. The van der Waals surface area contributed by atoms with Gasteiger partial charge in [-0.2, -0.15) is 0 Å². The lowest BCUT2D eigenvalue weighted by molar-refractivity contribution is 0.219. The third-order valence-electron chi connectivity index (χ3n) is 4.33. The molecule has 0 spiro atoms. The Balaban J connectivity index is 4.96. The van der Waals surface area contributed by atoms with Gasteiger partial charge in [-0.05, 0) is 47.7 Å². The molecule has 0 heterocycles. The van der Waals surface area contributed by atoms with Gasteiger partial charge < -0.3 is 5.11 Å². The number of rotatable bonds is 7. The Morgan fingerprint density at radius 2 is 1.52 bits per heavy atom. The van der Waals surface area contributed by atoms with Gasteiger partial charge in [0.05, 0.1) is 0 Å². The molecule has 1 N–H and O–H groups in total. The minimum absolute atomic E-state index is 0.563. The van der Waals surface area contributed by atoms with Gasteiger partial charge in [-0.3, -0.25) is 0 Å². The van der Waals surface area contributed by atoms with Crippen molar-refractivity contribution in [2.24, 2.45) is 0 Å². The van der Waals surface area contributed by atoms with Gasteiger partial charge in [0.2, 0.25) is 0 Å². The van der Waals surface area contributed by atoms with Crippen LogP contribution in [-0.2, 0) is 0 Å². The topological polar surface area (TPSA) is 20.2 Å². The van der Waals surface area contributed by atoms with E-state index in [9.17, 15) is 5.11 Å². The SMILES string of the molecule is C=CCCC[C@@H](O)C#CC#C[Si](C(C)C)(C(C)C)C(C)C. The second kappa shape index (κ2) is 9.88. The summed E-state index contributed by atoms with van der Waals surface area (Å²) in [7, 11) is -1.69. The summed E-state index contributed by atoms with van der Waals surface area (Å²) in [6, 6.07) is 0. The van der Waals surface area contributed by atoms with E-state index in [1.54, 1.807) is 0 Å². The molecular formula is C19H32OSi. The van der Waals surface area contributed by atoms with Crippen molar-refractivity contribution in [3.8, 4) is 23.3 Å². The molecule has 0 rings (SSSR count). The van der Waals surface area contributed by atoms with Crippen molar-refractivity contribution < 1.29 is 5.11 Å². The summed E-state index contributed by atoms with van der Waals surface area (Å²) in [6.07, 6.45) is 3.85. The van der Waals surface area contributed by atoms with Crippen molar-refractivity contribution in [2.45, 2.75) is 83.5 Å². The van der Waals surface area contributed by atoms with Gasteiger partial charge in [0.1, 0.15) is 14.2 Å². The Morgan fingerprint density at radius 3 is 1.95 bits per heavy atom. The van der Waals surface area contributed by atoms with E-state index in [2.05, 4.69) is 71.4 Å². The molecule has 0 amide bonds. The van der Waals surface area contributed by atoms with Gasteiger partial charge in [-0.15, -0.1) is 12.1 Å². The molecule has 0 bridgehead atoms. The maximum absolute atomic E-state index is 9.77. The van der Waals surface area contributed by atoms with E-state index in [0.717, 1.165) is 12.8 Å². The molecular weight excluding hydrogens is 272 g/mol. The third kappa shape index (κ3) is 6.12. The molecule has 0 aromatic heterocycles. The van der Waals surface area contributed by atoms with Crippen LogP contribution in [0.2, 0.25) is 16.6 Å². The average molecular weight is 305 g/mol. The van der Waals surface area contributed by atoms with Gasteiger partial charge >= 0.3 is 0 Å². The van der Waals surface area contributed by atoms with Crippen LogP contribution in [0.5, 0.6) is 0 Å². The molecule has 1 nitrogen and oxygen atoms in total. The highest BCUT2D eigenvalue weighted by Gasteiger charge is 2.41. The lowest BCUT2D eigenvalue weighted by Gasteiger charge is -2.37. The van der Waals surface area contributed by atoms with Gasteiger partial charge in [-0.25, -0.2) is 0 Å². The van der Waals surface area contributed by atoms with Crippen LogP contribution in [0.15, 0.2) is 12.7 Å². The van der Waals surface area contributed by atoms with E-state index in [4.69, 9.17) is 0 Å². The molecule has 2 heteroatoms. The summed E-state index contributed by atoms with van der Waals surface area (Å²) in [4.78, 5) is 0. The van der Waals surface area contributed by atoms with Crippen LogP contribution in [0.1, 0.15) is 60.8 Å². The summed E-state index contributed by atoms with van der Waals surface area (Å²) in [5.41, 5.74) is 5.39. The summed E-state index contributed by atoms with van der Waals surface area (Å²) in [5, 5.41) is 9.77. The first kappa shape index (κ1) is 20.0. The predicted molar refractivity (Wildman–Crippen MR) is 96.7 cm³/mol. The van der Waals surface area contributed by atoms with E-state index >= 15 is 0 Å². The van der Waals surface area contributed by atoms with E-state index in [0.29, 0.717) is 23.0 Å². The van der Waals surface area contributed by atoms with Gasteiger partial charge in [0.25, 0.3) is 0 Å². The Labute approximate surface area is 133 Å². The van der Waals surface area contributed by atoms with Gasteiger partial charge in [0, 0.05) is 0 Å². The molecule has 0 radical (unpaired) electrons. The zero-order valence-electron chi connectivity index (χ0n) is 14.7. The van der Waals surface area contributed by atoms with Gasteiger partial charge in [0.15, 0.2) is 0 Å². The fourth-order valence-electron chi connectivity index (χ4n) is 3.22. The zero-order valence-corrected chi connectivity index (χ0v) is 15.7. The molecule has 21 heavy (non-hydrogen) atoms. The second-order valence-corrected chi connectivity index (χ2v) is 12.2. The Morgan fingerprint density at radius 1 is 1.00 bits per heavy atom. The number of aliphatic hydroxyl groups excluding tert-OH is 1. The maximum atomic E-state index is 9.77. The normalized spacial score (nSPS) is 12.7. The van der Waals surface area contributed by atoms with Crippen molar-refractivity contribution in [3.63, 3.8) is 0 Å². The predicted octanol–water partition coefficient (Wildman–Crippen LogP) is 4.93. The number of aliphatic hydroxyl groups is 1. The Kier molecular flexibility index (Phi) is 9.43. The summed E-state index contributed by atoms with van der Waals surface area (Å²) >= 11 is 0. The van der Waals surface area contributed by atoms with Crippen molar-refractivity contribution in [2.75, 3.05) is 0 Å². The van der Waals surface area contributed by atoms with E-state index in [1.165, 1.54) is 0 Å². The highest BCUT2D eigenvalue weighted by Crippen LogP contribution is 2.40. The Bertz CT molecular complexity index is 404. The molecule has 1 atom stereocenters. The second-order valence-electron chi connectivity index (χ2n) is 6.65. The molecule has 0 aliphatic rings. The van der Waals surface area contributed by atoms with Crippen molar-refractivity contribution >= 4 is 8.07 Å². The van der Waals surface area contributed by atoms with Crippen molar-refractivity contribution in [3.05, 3.63) is 12.7 Å². The van der Waals surface area contributed by atoms with Crippen LogP contribution in [0.25, 0.3) is 0 Å². The van der Waals surface area contributed by atoms with Crippen LogP contribution in [0.3, 0.4) is 0 Å². The Hall–Kier alpha value is -0.963. The first-order valence-corrected chi connectivity index (χ1v) is 10.3. The molecule has 0 unspecified atom stereocenters. The number of unbranched alkanes of at least 4 members (excludes halogenated alkanes) is 1. The quantitative estimate of drug-likeness (QED) is 0.306. The first-order valence-electron chi connectivity index (χ1n) is 8.10. The molecule has 0 aliphatic carbocycles. The average Bonchev–Trinajstić information content (AvgIpc) is 2.37. The van der Waals surface area contributed by atoms with E-state index < -0.39 is 14.2 Å². The van der Waals surface area contributed by atoms with E-state index in [1.807, 2.05) is 6.08 Å². The van der Waals surface area contributed by atoms with Crippen LogP contribution in [-0.4, -0.2) is 19.3 Å². The largest absolute Gasteiger partial charge is 0.380 e. The fourth-order valence-corrected chi connectivity index (χ4v) is 8.36. The van der Waals surface area contributed by atoms with Crippen LogP contribution in [0, 0.1) is 23.3 Å². The minimum Gasteiger partial charge on any atom is -0.380 e. The third-order valence-corrected chi connectivity index (χ3v) is 10.6. The molecule has 0 aromatic carbocycles.